The third-order valence-electron chi connectivity index (χ3n) is 2.86. The topological polar surface area (TPSA) is 37.8 Å². The van der Waals surface area contributed by atoms with Crippen molar-refractivity contribution in [3.63, 3.8) is 0 Å². The highest BCUT2D eigenvalue weighted by Gasteiger charge is 2.16. The van der Waals surface area contributed by atoms with E-state index in [2.05, 4.69) is 43.2 Å². The molecule has 0 radical (unpaired) electrons. The number of nitrogens with zero attached hydrogens (tertiary/aromatic N) is 2. The van der Waals surface area contributed by atoms with E-state index in [4.69, 9.17) is 0 Å². The van der Waals surface area contributed by atoms with Crippen molar-refractivity contribution in [1.82, 2.24) is 15.5 Å². The first-order valence-electron chi connectivity index (χ1n) is 6.29. The summed E-state index contributed by atoms with van der Waals surface area (Å²) in [6.45, 7) is 9.81. The van der Waals surface area contributed by atoms with E-state index in [1.54, 1.807) is 11.3 Å². The molecule has 0 fully saturated rings. The lowest BCUT2D eigenvalue weighted by Gasteiger charge is -2.09. The van der Waals surface area contributed by atoms with Gasteiger partial charge in [0, 0.05) is 5.92 Å². The predicted molar refractivity (Wildman–Crippen MR) is 69.9 cm³/mol. The lowest BCUT2D eigenvalue weighted by atomic mass is 10.1. The van der Waals surface area contributed by atoms with E-state index >= 15 is 0 Å². The van der Waals surface area contributed by atoms with Crippen LogP contribution in [0, 0.1) is 0 Å². The van der Waals surface area contributed by atoms with Gasteiger partial charge in [0.25, 0.3) is 0 Å². The Labute approximate surface area is 103 Å². The Kier molecular flexibility index (Phi) is 5.91. The highest BCUT2D eigenvalue weighted by Crippen LogP contribution is 2.28. The average molecular weight is 241 g/mol. The lowest BCUT2D eigenvalue weighted by Crippen LogP contribution is -2.19. The van der Waals surface area contributed by atoms with Crippen LogP contribution in [0.2, 0.25) is 0 Å². The third kappa shape index (κ3) is 3.52. The standard InChI is InChI=1S/C12H23N3S/c1-5-8-13-9(4)11-14-15-12(16-11)10(6-2)7-3/h9-10,13H,5-8H2,1-4H3. The van der Waals surface area contributed by atoms with Gasteiger partial charge in [0.2, 0.25) is 0 Å². The van der Waals surface area contributed by atoms with Crippen molar-refractivity contribution in [2.24, 2.45) is 0 Å². The molecule has 0 aromatic carbocycles. The van der Waals surface area contributed by atoms with Gasteiger partial charge in [0.1, 0.15) is 10.0 Å². The molecular weight excluding hydrogens is 218 g/mol. The molecule has 0 saturated carbocycles. The Bertz CT molecular complexity index is 294. The maximum Gasteiger partial charge on any atom is 0.134 e. The van der Waals surface area contributed by atoms with E-state index in [0.717, 1.165) is 30.8 Å². The minimum atomic E-state index is 0.334. The van der Waals surface area contributed by atoms with E-state index < -0.39 is 0 Å². The third-order valence-corrected chi connectivity index (χ3v) is 4.13. The van der Waals surface area contributed by atoms with Gasteiger partial charge in [0.15, 0.2) is 0 Å². The van der Waals surface area contributed by atoms with Gasteiger partial charge in [0.05, 0.1) is 6.04 Å². The molecule has 0 bridgehead atoms. The molecule has 1 rings (SSSR count). The zero-order chi connectivity index (χ0) is 12.0. The van der Waals surface area contributed by atoms with Gasteiger partial charge in [-0.15, -0.1) is 10.2 Å². The fourth-order valence-corrected chi connectivity index (χ4v) is 2.81. The SMILES string of the molecule is CCCNC(C)c1nnc(C(CC)CC)s1. The van der Waals surface area contributed by atoms with Crippen LogP contribution in [-0.4, -0.2) is 16.7 Å². The van der Waals surface area contributed by atoms with Gasteiger partial charge in [-0.25, -0.2) is 0 Å². The molecule has 92 valence electrons. The summed E-state index contributed by atoms with van der Waals surface area (Å²) in [5.41, 5.74) is 0. The fraction of sp³-hybridized carbons (Fsp3) is 0.833. The van der Waals surface area contributed by atoms with Crippen molar-refractivity contribution in [3.8, 4) is 0 Å². The molecule has 0 aliphatic heterocycles. The minimum absolute atomic E-state index is 0.334. The molecule has 1 heterocycles. The van der Waals surface area contributed by atoms with E-state index in [0.29, 0.717) is 12.0 Å². The zero-order valence-corrected chi connectivity index (χ0v) is 11.6. The molecule has 1 aromatic heterocycles. The fourth-order valence-electron chi connectivity index (χ4n) is 1.67. The molecule has 1 unspecified atom stereocenters. The molecule has 0 aliphatic rings. The van der Waals surface area contributed by atoms with E-state index in [1.807, 2.05) is 0 Å². The monoisotopic (exact) mass is 241 g/mol. The summed E-state index contributed by atoms with van der Waals surface area (Å²) in [6, 6.07) is 0.334. The Morgan fingerprint density at radius 2 is 1.75 bits per heavy atom. The van der Waals surface area contributed by atoms with Crippen LogP contribution in [0.4, 0.5) is 0 Å². The quantitative estimate of drug-likeness (QED) is 0.794. The van der Waals surface area contributed by atoms with Crippen LogP contribution in [0.3, 0.4) is 0 Å². The first kappa shape index (κ1) is 13.6. The summed E-state index contributed by atoms with van der Waals surface area (Å²) in [6.07, 6.45) is 3.46. The second kappa shape index (κ2) is 6.97. The summed E-state index contributed by atoms with van der Waals surface area (Å²) in [5, 5.41) is 14.4. The van der Waals surface area contributed by atoms with Crippen molar-refractivity contribution < 1.29 is 0 Å². The minimum Gasteiger partial charge on any atom is -0.308 e. The van der Waals surface area contributed by atoms with Crippen LogP contribution in [-0.2, 0) is 0 Å². The van der Waals surface area contributed by atoms with Gasteiger partial charge >= 0.3 is 0 Å². The molecule has 1 aromatic rings. The molecular formula is C12H23N3S. The predicted octanol–water partition coefficient (Wildman–Crippen LogP) is 3.50. The van der Waals surface area contributed by atoms with Crippen molar-refractivity contribution in [2.75, 3.05) is 6.54 Å². The first-order chi connectivity index (χ1) is 7.72. The maximum absolute atomic E-state index is 4.32. The van der Waals surface area contributed by atoms with Gasteiger partial charge in [-0.3, -0.25) is 0 Å². The molecule has 0 spiro atoms. The Morgan fingerprint density at radius 3 is 2.31 bits per heavy atom. The number of nitrogens with one attached hydrogen (secondary N) is 1. The maximum atomic E-state index is 4.32. The number of hydrogen-bond donors (Lipinski definition) is 1. The normalized spacial score (nSPS) is 13.3. The molecule has 0 aliphatic carbocycles. The summed E-state index contributed by atoms with van der Waals surface area (Å²) in [7, 11) is 0. The number of aromatic nitrogens is 2. The second-order valence-corrected chi connectivity index (χ2v) is 5.21. The molecule has 3 nitrogen and oxygen atoms in total. The van der Waals surface area contributed by atoms with Crippen LogP contribution in [0.15, 0.2) is 0 Å². The highest BCUT2D eigenvalue weighted by molar-refractivity contribution is 7.11. The van der Waals surface area contributed by atoms with Crippen molar-refractivity contribution in [2.45, 2.75) is 58.9 Å². The Morgan fingerprint density at radius 1 is 1.12 bits per heavy atom. The van der Waals surface area contributed by atoms with Gasteiger partial charge in [-0.05, 0) is 32.7 Å². The van der Waals surface area contributed by atoms with E-state index in [-0.39, 0.29) is 0 Å². The Balaban J connectivity index is 2.62. The van der Waals surface area contributed by atoms with Crippen LogP contribution >= 0.6 is 11.3 Å². The molecule has 0 saturated heterocycles. The second-order valence-electron chi connectivity index (χ2n) is 4.17. The van der Waals surface area contributed by atoms with Crippen LogP contribution in [0.5, 0.6) is 0 Å². The molecule has 4 heteroatoms. The first-order valence-corrected chi connectivity index (χ1v) is 7.11. The highest BCUT2D eigenvalue weighted by atomic mass is 32.1. The van der Waals surface area contributed by atoms with E-state index in [1.165, 1.54) is 5.01 Å². The van der Waals surface area contributed by atoms with Gasteiger partial charge in [-0.1, -0.05) is 32.1 Å². The van der Waals surface area contributed by atoms with Crippen LogP contribution < -0.4 is 5.32 Å². The smallest absolute Gasteiger partial charge is 0.134 e. The summed E-state index contributed by atoms with van der Waals surface area (Å²) >= 11 is 1.76. The summed E-state index contributed by atoms with van der Waals surface area (Å²) < 4.78 is 0. The van der Waals surface area contributed by atoms with E-state index in [9.17, 15) is 0 Å². The largest absolute Gasteiger partial charge is 0.308 e. The van der Waals surface area contributed by atoms with Gasteiger partial charge in [-0.2, -0.15) is 0 Å². The van der Waals surface area contributed by atoms with Crippen molar-refractivity contribution in [3.05, 3.63) is 10.0 Å². The zero-order valence-electron chi connectivity index (χ0n) is 10.8. The average Bonchev–Trinajstić information content (AvgIpc) is 2.77. The number of rotatable bonds is 7. The number of hydrogen-bond acceptors (Lipinski definition) is 4. The van der Waals surface area contributed by atoms with Crippen molar-refractivity contribution in [1.29, 1.82) is 0 Å². The summed E-state index contributed by atoms with van der Waals surface area (Å²) in [5.74, 6) is 0.588. The Hall–Kier alpha value is -0.480. The van der Waals surface area contributed by atoms with Crippen LogP contribution in [0.25, 0.3) is 0 Å². The molecule has 0 amide bonds. The van der Waals surface area contributed by atoms with Crippen molar-refractivity contribution >= 4 is 11.3 Å². The van der Waals surface area contributed by atoms with Crippen LogP contribution in [0.1, 0.15) is 68.9 Å². The van der Waals surface area contributed by atoms with Gasteiger partial charge < -0.3 is 5.32 Å². The molecule has 1 atom stereocenters. The molecule has 16 heavy (non-hydrogen) atoms. The summed E-state index contributed by atoms with van der Waals surface area (Å²) in [4.78, 5) is 0. The molecule has 1 N–H and O–H groups in total. The lowest BCUT2D eigenvalue weighted by molar-refractivity contribution is 0.562.